The third kappa shape index (κ3) is 2.33. The van der Waals surface area contributed by atoms with Crippen LogP contribution in [0.2, 0.25) is 5.02 Å². The van der Waals surface area contributed by atoms with Gasteiger partial charge in [-0.15, -0.1) is 0 Å². The quantitative estimate of drug-likeness (QED) is 0.785. The topological polar surface area (TPSA) is 15.3 Å². The number of piperidine rings is 1. The average Bonchev–Trinajstić information content (AvgIpc) is 3.11. The molecule has 3 atom stereocenters. The first-order valence-electron chi connectivity index (χ1n) is 9.51. The molecule has 0 aromatic heterocycles. The monoisotopic (exact) mass is 332 g/mol. The predicted octanol–water partition coefficient (Wildman–Crippen LogP) is 4.92. The van der Waals surface area contributed by atoms with Gasteiger partial charge >= 0.3 is 0 Å². The summed E-state index contributed by atoms with van der Waals surface area (Å²) in [5.41, 5.74) is 3.14. The van der Waals surface area contributed by atoms with Crippen LogP contribution in [0.25, 0.3) is 0 Å². The van der Waals surface area contributed by atoms with Gasteiger partial charge < -0.3 is 10.2 Å². The first-order chi connectivity index (χ1) is 11.2. The zero-order chi connectivity index (χ0) is 15.4. The second-order valence-electron chi connectivity index (χ2n) is 8.44. The fraction of sp³-hybridized carbons (Fsp3) is 0.700. The van der Waals surface area contributed by atoms with Crippen LogP contribution in [0.4, 0.5) is 5.69 Å². The molecule has 4 aliphatic rings. The van der Waals surface area contributed by atoms with Gasteiger partial charge in [-0.1, -0.05) is 18.0 Å². The van der Waals surface area contributed by atoms with Crippen LogP contribution < -0.4 is 5.32 Å². The van der Waals surface area contributed by atoms with Crippen molar-refractivity contribution in [2.45, 2.75) is 56.4 Å². The SMILES string of the molecule is Clc1ccc2c(c1)C1(CCN(C3CCC4CCC3C4)CC1)CN2.[HH]. The lowest BCUT2D eigenvalue weighted by atomic mass is 9.73. The number of benzene rings is 1. The fourth-order valence-corrected chi connectivity index (χ4v) is 6.22. The highest BCUT2D eigenvalue weighted by atomic mass is 35.5. The molecule has 0 amide bonds. The summed E-state index contributed by atoms with van der Waals surface area (Å²) in [4.78, 5) is 2.85. The minimum Gasteiger partial charge on any atom is -0.384 e. The van der Waals surface area contributed by atoms with E-state index < -0.39 is 0 Å². The Balaban J connectivity index is 0.00000146. The normalized spacial score (nSPS) is 35.3. The Morgan fingerprint density at radius 2 is 1.96 bits per heavy atom. The molecule has 2 aliphatic heterocycles. The van der Waals surface area contributed by atoms with Gasteiger partial charge in [0.2, 0.25) is 0 Å². The molecular formula is C20H29ClN2. The predicted molar refractivity (Wildman–Crippen MR) is 98.4 cm³/mol. The van der Waals surface area contributed by atoms with E-state index in [2.05, 4.69) is 22.3 Å². The molecule has 2 aliphatic carbocycles. The van der Waals surface area contributed by atoms with E-state index in [9.17, 15) is 0 Å². The van der Waals surface area contributed by atoms with E-state index in [4.69, 9.17) is 11.6 Å². The number of rotatable bonds is 1. The Morgan fingerprint density at radius 1 is 1.13 bits per heavy atom. The van der Waals surface area contributed by atoms with Gasteiger partial charge in [-0.25, -0.2) is 0 Å². The maximum absolute atomic E-state index is 6.28. The van der Waals surface area contributed by atoms with Crippen LogP contribution in [-0.4, -0.2) is 30.6 Å². The summed E-state index contributed by atoms with van der Waals surface area (Å²) < 4.78 is 0. The molecule has 1 spiro atoms. The van der Waals surface area contributed by atoms with Crippen molar-refractivity contribution in [2.75, 3.05) is 25.0 Å². The van der Waals surface area contributed by atoms with E-state index in [-0.39, 0.29) is 1.43 Å². The lowest BCUT2D eigenvalue weighted by molar-refractivity contribution is 0.0668. The summed E-state index contributed by atoms with van der Waals surface area (Å²) in [5, 5.41) is 4.52. The molecule has 3 heteroatoms. The second kappa shape index (κ2) is 5.39. The number of hydrogen-bond donors (Lipinski definition) is 1. The van der Waals surface area contributed by atoms with Gasteiger partial charge in [-0.05, 0) is 87.2 Å². The summed E-state index contributed by atoms with van der Waals surface area (Å²) in [5.74, 6) is 2.08. The highest BCUT2D eigenvalue weighted by Crippen LogP contribution is 2.48. The van der Waals surface area contributed by atoms with Crippen LogP contribution in [0.3, 0.4) is 0 Å². The van der Waals surface area contributed by atoms with Crippen LogP contribution in [0.1, 0.15) is 51.9 Å². The maximum Gasteiger partial charge on any atom is 0.0410 e. The summed E-state index contributed by atoms with van der Waals surface area (Å²) in [7, 11) is 0. The molecule has 3 fully saturated rings. The van der Waals surface area contributed by atoms with Crippen molar-refractivity contribution < 1.29 is 1.43 Å². The fourth-order valence-electron chi connectivity index (χ4n) is 6.05. The number of nitrogens with zero attached hydrogens (tertiary/aromatic N) is 1. The molecular weight excluding hydrogens is 304 g/mol. The van der Waals surface area contributed by atoms with Crippen molar-refractivity contribution in [3.8, 4) is 0 Å². The Morgan fingerprint density at radius 3 is 2.83 bits per heavy atom. The molecule has 1 N–H and O–H groups in total. The largest absolute Gasteiger partial charge is 0.384 e. The summed E-state index contributed by atoms with van der Waals surface area (Å²) in [6.45, 7) is 3.66. The Bertz CT molecular complexity index is 612. The van der Waals surface area contributed by atoms with E-state index >= 15 is 0 Å². The second-order valence-corrected chi connectivity index (χ2v) is 8.88. The molecule has 1 aromatic carbocycles. The number of halogens is 1. The molecule has 1 saturated heterocycles. The number of likely N-dealkylation sites (tertiary alicyclic amines) is 1. The van der Waals surface area contributed by atoms with Crippen LogP contribution in [0.15, 0.2) is 18.2 Å². The maximum atomic E-state index is 6.28. The van der Waals surface area contributed by atoms with E-state index in [0.29, 0.717) is 5.41 Å². The molecule has 126 valence electrons. The highest BCUT2D eigenvalue weighted by molar-refractivity contribution is 6.30. The van der Waals surface area contributed by atoms with Crippen LogP contribution >= 0.6 is 11.6 Å². The molecule has 3 unspecified atom stereocenters. The van der Waals surface area contributed by atoms with Crippen LogP contribution in [0.5, 0.6) is 0 Å². The minimum atomic E-state index is 0. The van der Waals surface area contributed by atoms with E-state index in [1.807, 2.05) is 6.07 Å². The van der Waals surface area contributed by atoms with Gasteiger partial charge in [0.25, 0.3) is 0 Å². The molecule has 0 radical (unpaired) electrons. The zero-order valence-corrected chi connectivity index (χ0v) is 14.6. The summed E-state index contributed by atoms with van der Waals surface area (Å²) >= 11 is 6.28. The van der Waals surface area contributed by atoms with Crippen molar-refractivity contribution in [3.63, 3.8) is 0 Å². The smallest absolute Gasteiger partial charge is 0.0410 e. The van der Waals surface area contributed by atoms with Crippen molar-refractivity contribution in [2.24, 2.45) is 11.8 Å². The first kappa shape index (κ1) is 14.6. The van der Waals surface area contributed by atoms with Gasteiger partial charge in [0.15, 0.2) is 0 Å². The Hall–Kier alpha value is -0.730. The molecule has 1 aromatic rings. The minimum absolute atomic E-state index is 0. The summed E-state index contributed by atoms with van der Waals surface area (Å²) in [6.07, 6.45) is 10.1. The average molecular weight is 333 g/mol. The van der Waals surface area contributed by atoms with Crippen molar-refractivity contribution in [3.05, 3.63) is 28.8 Å². The Kier molecular flexibility index (Phi) is 3.42. The zero-order valence-electron chi connectivity index (χ0n) is 13.9. The number of hydrogen-bond acceptors (Lipinski definition) is 2. The van der Waals surface area contributed by atoms with Crippen molar-refractivity contribution >= 4 is 17.3 Å². The van der Waals surface area contributed by atoms with Gasteiger partial charge in [-0.2, -0.15) is 0 Å². The molecule has 2 saturated carbocycles. The Labute approximate surface area is 146 Å². The van der Waals surface area contributed by atoms with Gasteiger partial charge in [0.1, 0.15) is 0 Å². The van der Waals surface area contributed by atoms with Crippen LogP contribution in [-0.2, 0) is 5.41 Å². The third-order valence-corrected chi connectivity index (χ3v) is 7.63. The molecule has 2 bridgehead atoms. The highest BCUT2D eigenvalue weighted by Gasteiger charge is 2.45. The van der Waals surface area contributed by atoms with Gasteiger partial charge in [-0.3, -0.25) is 0 Å². The third-order valence-electron chi connectivity index (χ3n) is 7.39. The van der Waals surface area contributed by atoms with Crippen molar-refractivity contribution in [1.82, 2.24) is 4.90 Å². The molecule has 2 heterocycles. The van der Waals surface area contributed by atoms with Gasteiger partial charge in [0.05, 0.1) is 0 Å². The van der Waals surface area contributed by atoms with Crippen molar-refractivity contribution in [1.29, 1.82) is 0 Å². The summed E-state index contributed by atoms with van der Waals surface area (Å²) in [6, 6.07) is 7.28. The molecule has 5 rings (SSSR count). The lowest BCUT2D eigenvalue weighted by Gasteiger charge is -2.45. The molecule has 23 heavy (non-hydrogen) atoms. The molecule has 2 nitrogen and oxygen atoms in total. The number of fused-ring (bicyclic) bond motifs is 4. The standard InChI is InChI=1S/C20H27ClN2.H2/c21-16-4-5-18-17(12-16)20(13-22-18)7-9-23(10-8-20)19-6-2-14-1-3-15(19)11-14;/h4-5,12,14-15,19,22H,1-3,6-11,13H2;1H. The first-order valence-corrected chi connectivity index (χ1v) is 9.89. The van der Waals surface area contributed by atoms with E-state index in [1.54, 1.807) is 0 Å². The van der Waals surface area contributed by atoms with E-state index in [1.165, 1.54) is 69.3 Å². The van der Waals surface area contributed by atoms with Crippen LogP contribution in [0, 0.1) is 11.8 Å². The van der Waals surface area contributed by atoms with Gasteiger partial charge in [0, 0.05) is 30.1 Å². The number of anilines is 1. The lowest BCUT2D eigenvalue weighted by Crippen LogP contribution is -2.50. The van der Waals surface area contributed by atoms with E-state index in [0.717, 1.165) is 29.4 Å². The number of nitrogens with one attached hydrogen (secondary N) is 1.